The van der Waals surface area contributed by atoms with Gasteiger partial charge in [0.05, 0.1) is 6.04 Å². The molecule has 2 amide bonds. The summed E-state index contributed by atoms with van der Waals surface area (Å²) in [5.74, 6) is 0.240. The van der Waals surface area contributed by atoms with E-state index in [0.29, 0.717) is 30.2 Å². The average molecular weight is 364 g/mol. The third kappa shape index (κ3) is 4.33. The Morgan fingerprint density at radius 1 is 0.920 bits per heavy atom. The minimum atomic E-state index is 0.00673. The first-order valence-corrected chi connectivity index (χ1v) is 9.48. The van der Waals surface area contributed by atoms with Crippen molar-refractivity contribution in [1.29, 1.82) is 0 Å². The van der Waals surface area contributed by atoms with E-state index in [9.17, 15) is 9.59 Å². The molecule has 1 aromatic rings. The van der Waals surface area contributed by atoms with Gasteiger partial charge >= 0.3 is 0 Å². The fourth-order valence-corrected chi connectivity index (χ4v) is 3.84. The Bertz CT molecular complexity index is 620. The van der Waals surface area contributed by atoms with Gasteiger partial charge in [0, 0.05) is 36.8 Å². The van der Waals surface area contributed by atoms with Crippen LogP contribution in [0.3, 0.4) is 0 Å². The van der Waals surface area contributed by atoms with E-state index in [0.717, 1.165) is 32.4 Å². The Hall–Kier alpha value is -1.59. The summed E-state index contributed by atoms with van der Waals surface area (Å²) in [6, 6.07) is 7.00. The van der Waals surface area contributed by atoms with Crippen molar-refractivity contribution in [3.8, 4) is 0 Å². The zero-order valence-electron chi connectivity index (χ0n) is 14.8. The number of hydrogen-bond donors (Lipinski definition) is 0. The van der Waals surface area contributed by atoms with Gasteiger partial charge in [-0.3, -0.25) is 14.5 Å². The van der Waals surface area contributed by atoms with Gasteiger partial charge < -0.3 is 9.80 Å². The van der Waals surface area contributed by atoms with Crippen LogP contribution in [0.2, 0.25) is 5.02 Å². The number of hydrogen-bond acceptors (Lipinski definition) is 3. The van der Waals surface area contributed by atoms with Gasteiger partial charge in [0.1, 0.15) is 0 Å². The van der Waals surface area contributed by atoms with Crippen LogP contribution in [0.15, 0.2) is 24.3 Å². The lowest BCUT2D eigenvalue weighted by Crippen LogP contribution is -2.50. The molecule has 1 aromatic carbocycles. The van der Waals surface area contributed by atoms with Crippen LogP contribution in [0, 0.1) is 0 Å². The number of piperidine rings is 1. The van der Waals surface area contributed by atoms with E-state index in [1.165, 1.54) is 6.42 Å². The Morgan fingerprint density at radius 2 is 1.60 bits per heavy atom. The van der Waals surface area contributed by atoms with Crippen LogP contribution in [0.5, 0.6) is 0 Å². The quantitative estimate of drug-likeness (QED) is 0.810. The summed E-state index contributed by atoms with van der Waals surface area (Å²) in [7, 11) is 2.04. The number of carbonyl (C=O) groups excluding carboxylic acids is 2. The summed E-state index contributed by atoms with van der Waals surface area (Å²) < 4.78 is 0. The second kappa shape index (κ2) is 8.19. The molecule has 0 radical (unpaired) electrons. The molecule has 2 heterocycles. The zero-order chi connectivity index (χ0) is 17.8. The zero-order valence-corrected chi connectivity index (χ0v) is 15.5. The molecule has 0 spiro atoms. The van der Waals surface area contributed by atoms with Crippen molar-refractivity contribution in [1.82, 2.24) is 14.7 Å². The van der Waals surface area contributed by atoms with Crippen LogP contribution >= 0.6 is 11.6 Å². The van der Waals surface area contributed by atoms with Crippen molar-refractivity contribution in [2.75, 3.05) is 39.8 Å². The fraction of sp³-hybridized carbons (Fsp3) is 0.579. The predicted molar refractivity (Wildman–Crippen MR) is 98.8 cm³/mol. The Labute approximate surface area is 154 Å². The molecule has 6 heteroatoms. The molecular formula is C19H26ClN3O2. The first kappa shape index (κ1) is 18.2. The van der Waals surface area contributed by atoms with Gasteiger partial charge in [0.25, 0.3) is 5.91 Å². The summed E-state index contributed by atoms with van der Waals surface area (Å²) in [5, 5.41) is 0.626. The minimum absolute atomic E-state index is 0.00673. The van der Waals surface area contributed by atoms with E-state index in [1.54, 1.807) is 24.3 Å². The minimum Gasteiger partial charge on any atom is -0.339 e. The highest BCUT2D eigenvalue weighted by molar-refractivity contribution is 6.30. The fourth-order valence-electron chi connectivity index (χ4n) is 3.71. The van der Waals surface area contributed by atoms with Crippen molar-refractivity contribution in [3.05, 3.63) is 34.9 Å². The third-order valence-electron chi connectivity index (χ3n) is 5.24. The monoisotopic (exact) mass is 363 g/mol. The molecular weight excluding hydrogens is 338 g/mol. The van der Waals surface area contributed by atoms with E-state index in [4.69, 9.17) is 11.6 Å². The molecule has 0 aliphatic carbocycles. The van der Waals surface area contributed by atoms with E-state index in [-0.39, 0.29) is 17.9 Å². The summed E-state index contributed by atoms with van der Waals surface area (Å²) in [6.07, 6.45) is 4.06. The van der Waals surface area contributed by atoms with Gasteiger partial charge in [-0.2, -0.15) is 0 Å². The number of amides is 2. The maximum absolute atomic E-state index is 12.9. The molecule has 3 rings (SSSR count). The third-order valence-corrected chi connectivity index (χ3v) is 5.49. The van der Waals surface area contributed by atoms with Gasteiger partial charge in [0.2, 0.25) is 5.91 Å². The number of carbonyl (C=O) groups is 2. The van der Waals surface area contributed by atoms with Crippen molar-refractivity contribution < 1.29 is 9.59 Å². The number of nitrogens with zero attached hydrogens (tertiary/aromatic N) is 3. The van der Waals surface area contributed by atoms with Crippen molar-refractivity contribution in [2.24, 2.45) is 0 Å². The average Bonchev–Trinajstić information content (AvgIpc) is 2.88. The molecule has 5 nitrogen and oxygen atoms in total. The molecule has 2 saturated heterocycles. The number of halogens is 1. The van der Waals surface area contributed by atoms with E-state index >= 15 is 0 Å². The van der Waals surface area contributed by atoms with Gasteiger partial charge in [-0.15, -0.1) is 0 Å². The Balaban J connectivity index is 1.61. The second-order valence-electron chi connectivity index (χ2n) is 6.97. The lowest BCUT2D eigenvalue weighted by Gasteiger charge is -2.35. The molecule has 136 valence electrons. The highest BCUT2D eigenvalue weighted by Gasteiger charge is 2.31. The lowest BCUT2D eigenvalue weighted by atomic mass is 10.0. The SMILES string of the molecule is CN1CCCCC1C(=O)N1CCCN(C(=O)c2ccc(Cl)cc2)CC1. The van der Waals surface area contributed by atoms with Crippen LogP contribution in [-0.4, -0.2) is 72.3 Å². The van der Waals surface area contributed by atoms with E-state index < -0.39 is 0 Å². The number of likely N-dealkylation sites (tertiary alicyclic amines) is 1. The standard InChI is InChI=1S/C19H26ClN3O2/c1-21-10-3-2-5-17(21)19(25)23-12-4-11-22(13-14-23)18(24)15-6-8-16(20)9-7-15/h6-9,17H,2-5,10-14H2,1H3. The molecule has 0 bridgehead atoms. The number of likely N-dealkylation sites (N-methyl/N-ethyl adjacent to an activating group) is 1. The summed E-state index contributed by atoms with van der Waals surface area (Å²) in [4.78, 5) is 31.5. The lowest BCUT2D eigenvalue weighted by molar-refractivity contribution is -0.137. The van der Waals surface area contributed by atoms with Crippen LogP contribution in [0.1, 0.15) is 36.0 Å². The molecule has 2 fully saturated rings. The van der Waals surface area contributed by atoms with E-state index in [2.05, 4.69) is 4.90 Å². The normalized spacial score (nSPS) is 22.6. The predicted octanol–water partition coefficient (Wildman–Crippen LogP) is 2.50. The van der Waals surface area contributed by atoms with Crippen LogP contribution < -0.4 is 0 Å². The van der Waals surface area contributed by atoms with Gasteiger partial charge in [-0.1, -0.05) is 18.0 Å². The van der Waals surface area contributed by atoms with Crippen LogP contribution in [-0.2, 0) is 4.79 Å². The molecule has 0 N–H and O–H groups in total. The molecule has 0 saturated carbocycles. The summed E-state index contributed by atoms with van der Waals surface area (Å²) in [5.41, 5.74) is 0.649. The Morgan fingerprint density at radius 3 is 2.32 bits per heavy atom. The van der Waals surface area contributed by atoms with E-state index in [1.807, 2.05) is 16.8 Å². The topological polar surface area (TPSA) is 43.9 Å². The largest absolute Gasteiger partial charge is 0.339 e. The molecule has 25 heavy (non-hydrogen) atoms. The van der Waals surface area contributed by atoms with Gasteiger partial charge in [-0.05, 0) is 57.1 Å². The maximum Gasteiger partial charge on any atom is 0.253 e. The van der Waals surface area contributed by atoms with Crippen molar-refractivity contribution in [2.45, 2.75) is 31.7 Å². The molecule has 1 unspecified atom stereocenters. The van der Waals surface area contributed by atoms with Crippen LogP contribution in [0.25, 0.3) is 0 Å². The second-order valence-corrected chi connectivity index (χ2v) is 7.41. The Kier molecular flexibility index (Phi) is 5.97. The van der Waals surface area contributed by atoms with Gasteiger partial charge in [0.15, 0.2) is 0 Å². The highest BCUT2D eigenvalue weighted by Crippen LogP contribution is 2.19. The highest BCUT2D eigenvalue weighted by atomic mass is 35.5. The first-order chi connectivity index (χ1) is 12.1. The molecule has 2 aliphatic rings. The van der Waals surface area contributed by atoms with Crippen molar-refractivity contribution in [3.63, 3.8) is 0 Å². The number of rotatable bonds is 2. The van der Waals surface area contributed by atoms with Crippen LogP contribution in [0.4, 0.5) is 0 Å². The molecule has 2 aliphatic heterocycles. The molecule has 1 atom stereocenters. The first-order valence-electron chi connectivity index (χ1n) is 9.10. The number of benzene rings is 1. The van der Waals surface area contributed by atoms with Gasteiger partial charge in [-0.25, -0.2) is 0 Å². The summed E-state index contributed by atoms with van der Waals surface area (Å²) in [6.45, 7) is 3.61. The molecule has 0 aromatic heterocycles. The van der Waals surface area contributed by atoms with Crippen molar-refractivity contribution >= 4 is 23.4 Å². The smallest absolute Gasteiger partial charge is 0.253 e. The summed E-state index contributed by atoms with van der Waals surface area (Å²) >= 11 is 5.89. The maximum atomic E-state index is 12.9.